The summed E-state index contributed by atoms with van der Waals surface area (Å²) in [5, 5.41) is 0. The third-order valence-corrected chi connectivity index (χ3v) is 2.93. The van der Waals surface area contributed by atoms with Gasteiger partial charge >= 0.3 is 0 Å². The minimum atomic E-state index is 0.123. The largest absolute Gasteiger partial charge is 0.295 e. The number of carbonyl (C=O) groups is 1. The number of hydrogen-bond donors (Lipinski definition) is 0. The average molecular weight is 190 g/mol. The number of rotatable bonds is 2. The standard InChI is InChI=1S/C13H18O/c1-5-6-7-11-10(2)12(14)8-9-13(11,3)4/h5-7H,1,8-9H2,2-4H3/b7-6-. The molecule has 0 saturated heterocycles. The Morgan fingerprint density at radius 3 is 2.64 bits per heavy atom. The molecule has 0 saturated carbocycles. The van der Waals surface area contributed by atoms with Crippen LogP contribution in [0.5, 0.6) is 0 Å². The molecule has 0 aliphatic heterocycles. The molecule has 0 spiro atoms. The van der Waals surface area contributed by atoms with Crippen molar-refractivity contribution in [3.8, 4) is 0 Å². The summed E-state index contributed by atoms with van der Waals surface area (Å²) in [6, 6.07) is 0. The summed E-state index contributed by atoms with van der Waals surface area (Å²) in [6.45, 7) is 9.94. The summed E-state index contributed by atoms with van der Waals surface area (Å²) in [7, 11) is 0. The van der Waals surface area contributed by atoms with Crippen molar-refractivity contribution in [3.05, 3.63) is 36.0 Å². The Bertz CT molecular complexity index is 316. The highest BCUT2D eigenvalue weighted by Gasteiger charge is 2.30. The zero-order valence-electron chi connectivity index (χ0n) is 9.26. The third kappa shape index (κ3) is 2.03. The lowest BCUT2D eigenvalue weighted by molar-refractivity contribution is -0.116. The monoisotopic (exact) mass is 190 g/mol. The van der Waals surface area contributed by atoms with Crippen LogP contribution in [-0.4, -0.2) is 5.78 Å². The van der Waals surface area contributed by atoms with Gasteiger partial charge in [0.2, 0.25) is 0 Å². The van der Waals surface area contributed by atoms with Gasteiger partial charge in [0.1, 0.15) is 0 Å². The Kier molecular flexibility index (Phi) is 3.10. The molecule has 1 aliphatic carbocycles. The van der Waals surface area contributed by atoms with Gasteiger partial charge in [0.15, 0.2) is 5.78 Å². The van der Waals surface area contributed by atoms with Crippen LogP contribution in [0.3, 0.4) is 0 Å². The van der Waals surface area contributed by atoms with Gasteiger partial charge in [0.05, 0.1) is 0 Å². The molecule has 0 radical (unpaired) electrons. The molecule has 0 aromatic heterocycles. The lowest BCUT2D eigenvalue weighted by Crippen LogP contribution is -2.24. The van der Waals surface area contributed by atoms with E-state index in [2.05, 4.69) is 20.4 Å². The lowest BCUT2D eigenvalue weighted by atomic mass is 9.72. The van der Waals surface area contributed by atoms with Crippen molar-refractivity contribution in [1.29, 1.82) is 0 Å². The fourth-order valence-electron chi connectivity index (χ4n) is 1.92. The first-order chi connectivity index (χ1) is 6.49. The van der Waals surface area contributed by atoms with Crippen LogP contribution in [0.15, 0.2) is 36.0 Å². The molecule has 0 aromatic carbocycles. The van der Waals surface area contributed by atoms with Gasteiger partial charge in [0.25, 0.3) is 0 Å². The van der Waals surface area contributed by atoms with Crippen LogP contribution in [0.2, 0.25) is 0 Å². The molecule has 1 rings (SSSR count). The first kappa shape index (κ1) is 11.0. The lowest BCUT2D eigenvalue weighted by Gasteiger charge is -2.31. The van der Waals surface area contributed by atoms with E-state index in [9.17, 15) is 4.79 Å². The number of carbonyl (C=O) groups excluding carboxylic acids is 1. The van der Waals surface area contributed by atoms with Crippen LogP contribution in [-0.2, 0) is 4.79 Å². The van der Waals surface area contributed by atoms with Crippen molar-refractivity contribution < 1.29 is 4.79 Å². The van der Waals surface area contributed by atoms with Crippen molar-refractivity contribution in [2.75, 3.05) is 0 Å². The average Bonchev–Trinajstić information content (AvgIpc) is 2.12. The highest BCUT2D eigenvalue weighted by atomic mass is 16.1. The van der Waals surface area contributed by atoms with Crippen LogP contribution in [0.25, 0.3) is 0 Å². The molecule has 0 bridgehead atoms. The molecular formula is C13H18O. The topological polar surface area (TPSA) is 17.1 Å². The quantitative estimate of drug-likeness (QED) is 0.610. The van der Waals surface area contributed by atoms with E-state index in [1.54, 1.807) is 6.08 Å². The predicted octanol–water partition coefficient (Wildman–Crippen LogP) is 3.43. The second-order valence-corrected chi connectivity index (χ2v) is 4.44. The van der Waals surface area contributed by atoms with Gasteiger partial charge < -0.3 is 0 Å². The summed E-state index contributed by atoms with van der Waals surface area (Å²) >= 11 is 0. The number of ketones is 1. The molecule has 1 aliphatic rings. The molecule has 0 fully saturated rings. The summed E-state index contributed by atoms with van der Waals surface area (Å²) in [4.78, 5) is 11.5. The molecule has 0 atom stereocenters. The highest BCUT2D eigenvalue weighted by Crippen LogP contribution is 2.39. The van der Waals surface area contributed by atoms with Crippen molar-refractivity contribution in [1.82, 2.24) is 0 Å². The number of Topliss-reactive ketones (excluding diaryl/α,β-unsaturated/α-hetero) is 1. The van der Waals surface area contributed by atoms with E-state index in [-0.39, 0.29) is 11.2 Å². The van der Waals surface area contributed by atoms with E-state index in [4.69, 9.17) is 0 Å². The van der Waals surface area contributed by atoms with E-state index in [0.717, 1.165) is 17.6 Å². The van der Waals surface area contributed by atoms with Crippen molar-refractivity contribution >= 4 is 5.78 Å². The molecule has 0 unspecified atom stereocenters. The van der Waals surface area contributed by atoms with Crippen LogP contribution < -0.4 is 0 Å². The fourth-order valence-corrected chi connectivity index (χ4v) is 1.92. The molecule has 0 aromatic rings. The number of allylic oxidation sites excluding steroid dienone is 5. The zero-order valence-corrected chi connectivity index (χ0v) is 9.26. The maximum atomic E-state index is 11.5. The minimum absolute atomic E-state index is 0.123. The Morgan fingerprint density at radius 2 is 2.07 bits per heavy atom. The molecule has 0 amide bonds. The second-order valence-electron chi connectivity index (χ2n) is 4.44. The molecule has 76 valence electrons. The first-order valence-electron chi connectivity index (χ1n) is 5.02. The Balaban J connectivity index is 3.14. The molecule has 1 nitrogen and oxygen atoms in total. The number of hydrogen-bond acceptors (Lipinski definition) is 1. The van der Waals surface area contributed by atoms with Gasteiger partial charge in [-0.05, 0) is 29.9 Å². The van der Waals surface area contributed by atoms with Gasteiger partial charge in [-0.3, -0.25) is 4.79 Å². The predicted molar refractivity (Wildman–Crippen MR) is 60.1 cm³/mol. The highest BCUT2D eigenvalue weighted by molar-refractivity contribution is 5.97. The van der Waals surface area contributed by atoms with E-state index in [1.807, 2.05) is 19.1 Å². The molecular weight excluding hydrogens is 172 g/mol. The third-order valence-electron chi connectivity index (χ3n) is 2.93. The SMILES string of the molecule is C=C/C=C\C1=C(C)C(=O)CCC1(C)C. The van der Waals surface area contributed by atoms with E-state index in [0.29, 0.717) is 6.42 Å². The first-order valence-corrected chi connectivity index (χ1v) is 5.02. The summed E-state index contributed by atoms with van der Waals surface area (Å²) in [5.74, 6) is 0.285. The van der Waals surface area contributed by atoms with Crippen LogP contribution in [0.1, 0.15) is 33.6 Å². The molecule has 14 heavy (non-hydrogen) atoms. The molecule has 1 heteroatoms. The van der Waals surface area contributed by atoms with Gasteiger partial charge in [-0.1, -0.05) is 38.7 Å². The van der Waals surface area contributed by atoms with Crippen molar-refractivity contribution in [2.24, 2.45) is 5.41 Å². The Morgan fingerprint density at radius 1 is 1.43 bits per heavy atom. The molecule has 0 heterocycles. The second kappa shape index (κ2) is 3.95. The maximum absolute atomic E-state index is 11.5. The summed E-state index contributed by atoms with van der Waals surface area (Å²) in [6.07, 6.45) is 7.29. The van der Waals surface area contributed by atoms with E-state index in [1.165, 1.54) is 0 Å². The Hall–Kier alpha value is -1.11. The Labute approximate surface area is 86.2 Å². The van der Waals surface area contributed by atoms with Crippen molar-refractivity contribution in [3.63, 3.8) is 0 Å². The molecule has 0 N–H and O–H groups in total. The smallest absolute Gasteiger partial charge is 0.158 e. The van der Waals surface area contributed by atoms with E-state index < -0.39 is 0 Å². The van der Waals surface area contributed by atoms with E-state index >= 15 is 0 Å². The van der Waals surface area contributed by atoms with Gasteiger partial charge in [0, 0.05) is 6.42 Å². The summed E-state index contributed by atoms with van der Waals surface area (Å²) < 4.78 is 0. The summed E-state index contributed by atoms with van der Waals surface area (Å²) in [5.41, 5.74) is 2.20. The fraction of sp³-hybridized carbons (Fsp3) is 0.462. The van der Waals surface area contributed by atoms with Gasteiger partial charge in [-0.2, -0.15) is 0 Å². The maximum Gasteiger partial charge on any atom is 0.158 e. The normalized spacial score (nSPS) is 21.8. The van der Waals surface area contributed by atoms with Crippen LogP contribution in [0, 0.1) is 5.41 Å². The van der Waals surface area contributed by atoms with Crippen LogP contribution >= 0.6 is 0 Å². The van der Waals surface area contributed by atoms with Gasteiger partial charge in [-0.25, -0.2) is 0 Å². The van der Waals surface area contributed by atoms with Crippen LogP contribution in [0.4, 0.5) is 0 Å². The van der Waals surface area contributed by atoms with Crippen molar-refractivity contribution in [2.45, 2.75) is 33.6 Å². The minimum Gasteiger partial charge on any atom is -0.295 e. The zero-order chi connectivity index (χ0) is 10.8. The van der Waals surface area contributed by atoms with Gasteiger partial charge in [-0.15, -0.1) is 0 Å².